The van der Waals surface area contributed by atoms with Crippen LogP contribution in [0.1, 0.15) is 63.0 Å². The van der Waals surface area contributed by atoms with Gasteiger partial charge in [0.05, 0.1) is 6.04 Å². The van der Waals surface area contributed by atoms with Crippen molar-refractivity contribution < 1.29 is 23.9 Å². The van der Waals surface area contributed by atoms with E-state index in [1.165, 1.54) is 4.90 Å². The zero-order valence-electron chi connectivity index (χ0n) is 17.7. The van der Waals surface area contributed by atoms with E-state index in [9.17, 15) is 14.4 Å². The van der Waals surface area contributed by atoms with E-state index in [-0.39, 0.29) is 23.9 Å². The number of likely N-dealkylation sites (tertiary alicyclic amines) is 1. The van der Waals surface area contributed by atoms with Gasteiger partial charge in [0.25, 0.3) is 5.91 Å². The Hall–Kier alpha value is -2.77. The molecule has 8 nitrogen and oxygen atoms in total. The molecule has 4 amide bonds. The number of hydrogen-bond acceptors (Lipinski definition) is 5. The number of nitrogens with zero attached hydrogens (tertiary/aromatic N) is 2. The molecule has 1 spiro atoms. The Balaban J connectivity index is 1.19. The van der Waals surface area contributed by atoms with Crippen LogP contribution in [0.5, 0.6) is 11.5 Å². The Morgan fingerprint density at radius 1 is 1.10 bits per heavy atom. The Morgan fingerprint density at radius 2 is 1.87 bits per heavy atom. The van der Waals surface area contributed by atoms with Gasteiger partial charge in [-0.1, -0.05) is 18.9 Å². The van der Waals surface area contributed by atoms with Crippen LogP contribution in [-0.2, 0) is 9.59 Å². The summed E-state index contributed by atoms with van der Waals surface area (Å²) in [4.78, 5) is 41.3. The minimum absolute atomic E-state index is 0.0294. The molecule has 3 aliphatic heterocycles. The van der Waals surface area contributed by atoms with Crippen LogP contribution in [0.4, 0.5) is 4.79 Å². The summed E-state index contributed by atoms with van der Waals surface area (Å²) < 4.78 is 11.3. The predicted molar refractivity (Wildman–Crippen MR) is 112 cm³/mol. The molecule has 0 bridgehead atoms. The largest absolute Gasteiger partial charge is 0.486 e. The van der Waals surface area contributed by atoms with Crippen molar-refractivity contribution in [2.24, 2.45) is 0 Å². The minimum atomic E-state index is -0.681. The Morgan fingerprint density at radius 3 is 2.68 bits per heavy atom. The van der Waals surface area contributed by atoms with Crippen molar-refractivity contribution in [3.05, 3.63) is 23.8 Å². The van der Waals surface area contributed by atoms with Crippen molar-refractivity contribution in [2.45, 2.75) is 62.9 Å². The SMILES string of the molecule is O=C1NC2(CCCC2)C(=O)N1CCCC(=O)N1CCC[C@H]1c1ccc2c(c1)OCCO2. The summed E-state index contributed by atoms with van der Waals surface area (Å²) >= 11 is 0. The second-order valence-corrected chi connectivity index (χ2v) is 8.93. The highest BCUT2D eigenvalue weighted by atomic mass is 16.6. The van der Waals surface area contributed by atoms with Crippen molar-refractivity contribution in [1.29, 1.82) is 0 Å². The number of ether oxygens (including phenoxy) is 2. The van der Waals surface area contributed by atoms with Crippen molar-refractivity contribution in [3.8, 4) is 11.5 Å². The maximum atomic E-state index is 13.0. The topological polar surface area (TPSA) is 88.2 Å². The lowest BCUT2D eigenvalue weighted by Crippen LogP contribution is -2.44. The van der Waals surface area contributed by atoms with Gasteiger partial charge >= 0.3 is 6.03 Å². The molecule has 166 valence electrons. The summed E-state index contributed by atoms with van der Waals surface area (Å²) in [5.41, 5.74) is 0.381. The molecule has 31 heavy (non-hydrogen) atoms. The lowest BCUT2D eigenvalue weighted by molar-refractivity contribution is -0.134. The third-order valence-corrected chi connectivity index (χ3v) is 7.00. The van der Waals surface area contributed by atoms with Gasteiger partial charge < -0.3 is 19.7 Å². The number of carbonyl (C=O) groups excluding carboxylic acids is 3. The van der Waals surface area contributed by atoms with Gasteiger partial charge in [-0.25, -0.2) is 4.79 Å². The van der Waals surface area contributed by atoms with Crippen LogP contribution in [0.3, 0.4) is 0 Å². The van der Waals surface area contributed by atoms with Crippen LogP contribution >= 0.6 is 0 Å². The first kappa shape index (κ1) is 20.2. The van der Waals surface area contributed by atoms with E-state index in [0.717, 1.165) is 62.1 Å². The fraction of sp³-hybridized carbons (Fsp3) is 0.609. The summed E-state index contributed by atoms with van der Waals surface area (Å²) in [5.74, 6) is 1.44. The molecule has 1 N–H and O–H groups in total. The van der Waals surface area contributed by atoms with Crippen LogP contribution in [0.15, 0.2) is 18.2 Å². The summed E-state index contributed by atoms with van der Waals surface area (Å²) in [7, 11) is 0. The molecule has 4 aliphatic rings. The van der Waals surface area contributed by atoms with E-state index in [1.807, 2.05) is 23.1 Å². The maximum absolute atomic E-state index is 13.0. The lowest BCUT2D eigenvalue weighted by Gasteiger charge is -2.27. The fourth-order valence-corrected chi connectivity index (χ4v) is 5.41. The molecule has 8 heteroatoms. The number of benzene rings is 1. The second kappa shape index (κ2) is 8.05. The molecular formula is C23H29N3O5. The average Bonchev–Trinajstić information content (AvgIpc) is 3.50. The lowest BCUT2D eigenvalue weighted by atomic mass is 9.98. The molecule has 1 aromatic carbocycles. The smallest absolute Gasteiger partial charge is 0.325 e. The van der Waals surface area contributed by atoms with Crippen LogP contribution in [-0.4, -0.2) is 59.5 Å². The maximum Gasteiger partial charge on any atom is 0.325 e. The van der Waals surface area contributed by atoms with Gasteiger partial charge in [-0.2, -0.15) is 0 Å². The zero-order chi connectivity index (χ0) is 21.4. The highest BCUT2D eigenvalue weighted by Crippen LogP contribution is 2.39. The molecule has 0 radical (unpaired) electrons. The number of urea groups is 1. The number of fused-ring (bicyclic) bond motifs is 1. The summed E-state index contributed by atoms with van der Waals surface area (Å²) in [5, 5.41) is 2.90. The molecule has 3 heterocycles. The van der Waals surface area contributed by atoms with Crippen LogP contribution < -0.4 is 14.8 Å². The van der Waals surface area contributed by atoms with Gasteiger partial charge in [-0.3, -0.25) is 14.5 Å². The van der Waals surface area contributed by atoms with Crippen molar-refractivity contribution in [1.82, 2.24) is 15.1 Å². The molecule has 1 aromatic rings. The van der Waals surface area contributed by atoms with Crippen molar-refractivity contribution in [3.63, 3.8) is 0 Å². The molecule has 1 saturated carbocycles. The van der Waals surface area contributed by atoms with Gasteiger partial charge in [0.1, 0.15) is 18.8 Å². The zero-order valence-corrected chi connectivity index (χ0v) is 17.7. The summed E-state index contributed by atoms with van der Waals surface area (Å²) in [6, 6.07) is 5.63. The molecule has 1 atom stereocenters. The molecular weight excluding hydrogens is 398 g/mol. The van der Waals surface area contributed by atoms with Gasteiger partial charge in [-0.05, 0) is 49.8 Å². The molecule has 3 fully saturated rings. The minimum Gasteiger partial charge on any atom is -0.486 e. The van der Waals surface area contributed by atoms with Gasteiger partial charge in [-0.15, -0.1) is 0 Å². The van der Waals surface area contributed by atoms with Crippen LogP contribution in [0.25, 0.3) is 0 Å². The van der Waals surface area contributed by atoms with Gasteiger partial charge in [0.2, 0.25) is 5.91 Å². The van der Waals surface area contributed by atoms with E-state index >= 15 is 0 Å². The molecule has 0 aromatic heterocycles. The number of rotatable bonds is 5. The van der Waals surface area contributed by atoms with Gasteiger partial charge in [0, 0.05) is 19.5 Å². The normalized spacial score (nSPS) is 24.2. The molecule has 1 aliphatic carbocycles. The first-order valence-corrected chi connectivity index (χ1v) is 11.4. The Labute approximate surface area is 181 Å². The van der Waals surface area contributed by atoms with E-state index in [2.05, 4.69) is 5.32 Å². The van der Waals surface area contributed by atoms with Gasteiger partial charge in [0.15, 0.2) is 11.5 Å². The molecule has 0 unspecified atom stereocenters. The van der Waals surface area contributed by atoms with E-state index in [1.54, 1.807) is 0 Å². The highest BCUT2D eigenvalue weighted by molar-refractivity contribution is 6.07. The fourth-order valence-electron chi connectivity index (χ4n) is 5.41. The number of nitrogens with one attached hydrogen (secondary N) is 1. The summed E-state index contributed by atoms with van der Waals surface area (Å²) in [6.45, 7) is 2.11. The van der Waals surface area contributed by atoms with Crippen LogP contribution in [0, 0.1) is 0 Å². The first-order chi connectivity index (χ1) is 15.1. The van der Waals surface area contributed by atoms with E-state index < -0.39 is 5.54 Å². The van der Waals surface area contributed by atoms with Crippen molar-refractivity contribution in [2.75, 3.05) is 26.3 Å². The third kappa shape index (κ3) is 3.62. The number of amides is 4. The van der Waals surface area contributed by atoms with E-state index in [0.29, 0.717) is 32.6 Å². The van der Waals surface area contributed by atoms with E-state index in [4.69, 9.17) is 9.47 Å². The average molecular weight is 428 g/mol. The summed E-state index contributed by atoms with van der Waals surface area (Å²) in [6.07, 6.45) is 6.06. The molecule has 2 saturated heterocycles. The van der Waals surface area contributed by atoms with Crippen molar-refractivity contribution >= 4 is 17.8 Å². The molecule has 5 rings (SSSR count). The Kier molecular flexibility index (Phi) is 5.24. The second-order valence-electron chi connectivity index (χ2n) is 8.93. The number of carbonyl (C=O) groups is 3. The highest BCUT2D eigenvalue weighted by Gasteiger charge is 2.52. The predicted octanol–water partition coefficient (Wildman–Crippen LogP) is 2.77. The monoisotopic (exact) mass is 427 g/mol. The Bertz CT molecular complexity index is 895. The standard InChI is InChI=1S/C23H29N3O5/c27-20(6-4-12-26-21(28)23(24-22(26)29)9-1-2-10-23)25-11-3-5-17(25)16-7-8-18-19(15-16)31-14-13-30-18/h7-8,15,17H,1-6,9-14H2,(H,24,29)/t17-/m0/s1. The third-order valence-electron chi connectivity index (χ3n) is 7.00. The first-order valence-electron chi connectivity index (χ1n) is 11.4. The van der Waals surface area contributed by atoms with Crippen LogP contribution in [0.2, 0.25) is 0 Å². The number of hydrogen-bond donors (Lipinski definition) is 1. The quantitative estimate of drug-likeness (QED) is 0.730. The number of imide groups is 1.